The predicted molar refractivity (Wildman–Crippen MR) is 121 cm³/mol. The van der Waals surface area contributed by atoms with Gasteiger partial charge in [0.15, 0.2) is 11.5 Å². The van der Waals surface area contributed by atoms with Crippen molar-refractivity contribution in [1.82, 2.24) is 10.2 Å². The van der Waals surface area contributed by atoms with E-state index in [4.69, 9.17) is 14.6 Å². The fraction of sp³-hybridized carbons (Fsp3) is 0.458. The quantitative estimate of drug-likeness (QED) is 0.338. The van der Waals surface area contributed by atoms with Gasteiger partial charge in [-0.15, -0.1) is 0 Å². The van der Waals surface area contributed by atoms with E-state index in [1.54, 1.807) is 6.92 Å². The molecule has 0 unspecified atom stereocenters. The molecule has 4 atom stereocenters. The number of hydrogen-bond donors (Lipinski definition) is 3. The second kappa shape index (κ2) is 11.1. The summed E-state index contributed by atoms with van der Waals surface area (Å²) in [6.45, 7) is -0.509. The zero-order valence-electron chi connectivity index (χ0n) is 19.6. The normalized spacial score (nSPS) is 22.8. The molecular weight excluding hydrogens is 485 g/mol. The van der Waals surface area contributed by atoms with Crippen molar-refractivity contribution in [3.63, 3.8) is 0 Å². The Hall–Kier alpha value is -3.38. The van der Waals surface area contributed by atoms with Gasteiger partial charge in [0.1, 0.15) is 25.0 Å². The average Bonchev–Trinajstić information content (AvgIpc) is 3.23. The first kappa shape index (κ1) is 27.2. The van der Waals surface area contributed by atoms with Gasteiger partial charge in [0, 0.05) is 23.2 Å². The number of halogens is 3. The number of ether oxygens (including phenoxy) is 2. The number of allylic oxidation sites excluding steroid dienone is 1. The molecule has 2 aliphatic rings. The van der Waals surface area contributed by atoms with Gasteiger partial charge in [-0.1, -0.05) is 13.0 Å². The van der Waals surface area contributed by atoms with Crippen LogP contribution in [-0.4, -0.2) is 84.4 Å². The molecule has 12 heteroatoms. The third-order valence-corrected chi connectivity index (χ3v) is 5.90. The minimum Gasteiger partial charge on any atom is -0.493 e. The van der Waals surface area contributed by atoms with Crippen molar-refractivity contribution in [3.05, 3.63) is 47.1 Å². The highest BCUT2D eigenvalue weighted by Gasteiger charge is 2.52. The van der Waals surface area contributed by atoms with E-state index in [2.05, 4.69) is 5.32 Å². The summed E-state index contributed by atoms with van der Waals surface area (Å²) in [4.78, 5) is 37.7. The number of alkyl halides is 3. The van der Waals surface area contributed by atoms with Gasteiger partial charge in [0.05, 0.1) is 25.7 Å². The number of amides is 2. The fourth-order valence-corrected chi connectivity index (χ4v) is 4.40. The second-order valence-corrected chi connectivity index (χ2v) is 8.29. The number of aldehydes is 1. The smallest absolute Gasteiger partial charge is 0.406 e. The van der Waals surface area contributed by atoms with Crippen molar-refractivity contribution < 1.29 is 47.2 Å². The lowest BCUT2D eigenvalue weighted by molar-refractivity contribution is -0.167. The van der Waals surface area contributed by atoms with Crippen LogP contribution in [-0.2, 0) is 9.59 Å². The molecule has 0 saturated heterocycles. The first-order valence-corrected chi connectivity index (χ1v) is 11.2. The molecule has 0 spiro atoms. The number of carbonyl (C=O) groups excluding carboxylic acids is 3. The van der Waals surface area contributed by atoms with E-state index in [1.807, 2.05) is 0 Å². The highest BCUT2D eigenvalue weighted by atomic mass is 19.4. The lowest BCUT2D eigenvalue weighted by Crippen LogP contribution is -2.57. The lowest BCUT2D eigenvalue weighted by atomic mass is 9.77. The summed E-state index contributed by atoms with van der Waals surface area (Å²) >= 11 is 0. The Kier molecular flexibility index (Phi) is 8.41. The predicted octanol–water partition coefficient (Wildman–Crippen LogP) is 1.49. The van der Waals surface area contributed by atoms with Gasteiger partial charge >= 0.3 is 6.18 Å². The molecule has 3 N–H and O–H groups in total. The van der Waals surface area contributed by atoms with E-state index < -0.39 is 55.3 Å². The Morgan fingerprint density at radius 2 is 2.03 bits per heavy atom. The van der Waals surface area contributed by atoms with Crippen LogP contribution in [0.2, 0.25) is 0 Å². The van der Waals surface area contributed by atoms with Gasteiger partial charge in [0.25, 0.3) is 0 Å². The number of carbonyl (C=O) groups is 3. The van der Waals surface area contributed by atoms with Crippen molar-refractivity contribution in [1.29, 1.82) is 0 Å². The molecule has 1 aliphatic carbocycles. The Morgan fingerprint density at radius 3 is 2.61 bits per heavy atom. The molecule has 9 nitrogen and oxygen atoms in total. The van der Waals surface area contributed by atoms with Crippen molar-refractivity contribution in [3.8, 4) is 11.5 Å². The van der Waals surface area contributed by atoms with E-state index in [0.717, 1.165) is 12.2 Å². The molecule has 1 aromatic rings. The number of aliphatic hydroxyl groups is 2. The third-order valence-electron chi connectivity index (χ3n) is 5.90. The summed E-state index contributed by atoms with van der Waals surface area (Å²) in [5.41, 5.74) is 0.441. The van der Waals surface area contributed by atoms with E-state index in [9.17, 15) is 32.7 Å². The maximum atomic E-state index is 13.4. The monoisotopic (exact) mass is 512 g/mol. The number of rotatable bonds is 9. The van der Waals surface area contributed by atoms with Gasteiger partial charge in [-0.2, -0.15) is 13.2 Å². The largest absolute Gasteiger partial charge is 0.493 e. The summed E-state index contributed by atoms with van der Waals surface area (Å²) in [5.74, 6) is -2.45. The Balaban J connectivity index is 2.16. The van der Waals surface area contributed by atoms with Crippen molar-refractivity contribution >= 4 is 18.1 Å². The van der Waals surface area contributed by atoms with Crippen LogP contribution in [0.1, 0.15) is 35.2 Å². The van der Waals surface area contributed by atoms with Crippen molar-refractivity contribution in [2.45, 2.75) is 43.7 Å². The summed E-state index contributed by atoms with van der Waals surface area (Å²) in [7, 11) is 1.32. The highest BCUT2D eigenvalue weighted by molar-refractivity contribution is 5.97. The average molecular weight is 512 g/mol. The molecular formula is C24H27F3N2O7. The number of fused-ring (bicyclic) bond motifs is 3. The van der Waals surface area contributed by atoms with Gasteiger partial charge in [0.2, 0.25) is 11.8 Å². The van der Waals surface area contributed by atoms with E-state index in [1.165, 1.54) is 25.3 Å². The molecule has 2 amide bonds. The van der Waals surface area contributed by atoms with Gasteiger partial charge in [-0.05, 0) is 30.7 Å². The van der Waals surface area contributed by atoms with Crippen LogP contribution in [0.3, 0.4) is 0 Å². The van der Waals surface area contributed by atoms with Crippen LogP contribution in [0.25, 0.3) is 0 Å². The molecule has 1 aliphatic heterocycles. The summed E-state index contributed by atoms with van der Waals surface area (Å²) in [6, 6.07) is 1.26. The lowest BCUT2D eigenvalue weighted by Gasteiger charge is -2.40. The molecule has 1 aromatic carbocycles. The number of benzene rings is 1. The maximum absolute atomic E-state index is 13.4. The van der Waals surface area contributed by atoms with Crippen LogP contribution in [0.5, 0.6) is 11.5 Å². The molecule has 0 saturated carbocycles. The molecule has 0 fully saturated rings. The summed E-state index contributed by atoms with van der Waals surface area (Å²) < 4.78 is 51.5. The van der Waals surface area contributed by atoms with Crippen molar-refractivity contribution in [2.24, 2.45) is 0 Å². The molecule has 1 heterocycles. The van der Waals surface area contributed by atoms with E-state index in [-0.39, 0.29) is 29.2 Å². The van der Waals surface area contributed by atoms with E-state index in [0.29, 0.717) is 23.2 Å². The first-order valence-electron chi connectivity index (χ1n) is 11.2. The molecule has 0 bridgehead atoms. The van der Waals surface area contributed by atoms with Crippen LogP contribution in [0.4, 0.5) is 13.2 Å². The number of nitrogens with zero attached hydrogens (tertiary/aromatic N) is 1. The van der Waals surface area contributed by atoms with E-state index >= 15 is 0 Å². The van der Waals surface area contributed by atoms with Crippen LogP contribution >= 0.6 is 0 Å². The maximum Gasteiger partial charge on any atom is 0.406 e. The van der Waals surface area contributed by atoms with Crippen molar-refractivity contribution in [2.75, 3.05) is 26.8 Å². The molecule has 196 valence electrons. The number of methoxy groups -OCH3 is 1. The number of hydrogen-bond acceptors (Lipinski definition) is 7. The second-order valence-electron chi connectivity index (χ2n) is 8.29. The topological polar surface area (TPSA) is 125 Å². The first-order chi connectivity index (χ1) is 17.1. The van der Waals surface area contributed by atoms with Gasteiger partial charge in [-0.25, -0.2) is 0 Å². The Morgan fingerprint density at radius 1 is 1.31 bits per heavy atom. The Labute approximate surface area is 205 Å². The minimum absolute atomic E-state index is 0.0768. The van der Waals surface area contributed by atoms with Gasteiger partial charge < -0.3 is 29.9 Å². The molecule has 0 radical (unpaired) electrons. The zero-order chi connectivity index (χ0) is 26.6. The molecule has 0 aromatic heterocycles. The van der Waals surface area contributed by atoms with Crippen LogP contribution in [0.15, 0.2) is 35.9 Å². The number of nitrogens with one attached hydrogen (secondary N) is 1. The van der Waals surface area contributed by atoms with Gasteiger partial charge in [-0.3, -0.25) is 14.4 Å². The van der Waals surface area contributed by atoms with Crippen LogP contribution in [0, 0.1) is 0 Å². The number of aliphatic hydroxyl groups excluding tert-OH is 2. The van der Waals surface area contributed by atoms with Crippen LogP contribution < -0.4 is 14.8 Å². The Bertz CT molecular complexity index is 1070. The highest BCUT2D eigenvalue weighted by Crippen LogP contribution is 2.51. The minimum atomic E-state index is -4.79. The molecule has 36 heavy (non-hydrogen) atoms. The molecule has 3 rings (SSSR count). The SMILES string of the molecule is CCC=CC(=O)N(CC(F)(F)F)[C@@H]1C=C(C(=O)NCCO)[C@@H]2c3cc(C=O)cc(OC)c3O[C@@H]2[C@H]1O. The fourth-order valence-electron chi connectivity index (χ4n) is 4.40. The zero-order valence-corrected chi connectivity index (χ0v) is 19.6. The third kappa shape index (κ3) is 5.54. The summed E-state index contributed by atoms with van der Waals surface area (Å²) in [6.07, 6.45) is -3.30. The summed E-state index contributed by atoms with van der Waals surface area (Å²) in [5, 5.41) is 22.8. The standard InChI is InChI=1S/C24H27F3N2O7/c1-3-4-5-18(32)29(12-24(25,26)27)16-10-15(23(34)28-6-7-30)19-14-8-13(11-31)9-17(35-2)21(14)36-22(19)20(16)33/h4-5,8-11,16,19-20,22,30,33H,3,6-7,12H2,1-2H3,(H,28,34)/t16-,19+,20+,22+/m1/s1.